The minimum Gasteiger partial charge on any atom is -0.375 e. The van der Waals surface area contributed by atoms with E-state index in [2.05, 4.69) is 64.1 Å². The number of ether oxygens (including phenoxy) is 2. The van der Waals surface area contributed by atoms with E-state index in [1.807, 2.05) is 31.6 Å². The van der Waals surface area contributed by atoms with Gasteiger partial charge in [0.2, 0.25) is 5.91 Å². The van der Waals surface area contributed by atoms with Crippen LogP contribution in [-0.4, -0.2) is 51.9 Å². The van der Waals surface area contributed by atoms with E-state index in [-0.39, 0.29) is 17.1 Å². The normalized spacial score (nSPS) is 13.4. The summed E-state index contributed by atoms with van der Waals surface area (Å²) in [5.74, 6) is 0.0718. The smallest absolute Gasteiger partial charge is 0.225 e. The third-order valence-corrected chi connectivity index (χ3v) is 6.54. The maximum absolute atomic E-state index is 12.2. The highest BCUT2D eigenvalue weighted by atomic mass is 16.5. The Labute approximate surface area is 202 Å². The minimum atomic E-state index is -0.436. The fourth-order valence-corrected chi connectivity index (χ4v) is 3.35. The van der Waals surface area contributed by atoms with Crippen LogP contribution >= 0.6 is 0 Å². The average Bonchev–Trinajstić information content (AvgIpc) is 3.12. The van der Waals surface area contributed by atoms with Gasteiger partial charge in [0, 0.05) is 44.3 Å². The second-order valence-electron chi connectivity index (χ2n) is 11.9. The van der Waals surface area contributed by atoms with Gasteiger partial charge in [-0.15, -0.1) is 5.10 Å². The van der Waals surface area contributed by atoms with Gasteiger partial charge in [0.15, 0.2) is 0 Å². The van der Waals surface area contributed by atoms with Crippen LogP contribution in [0.3, 0.4) is 0 Å². The largest absolute Gasteiger partial charge is 0.375 e. The molecule has 192 valence electrons. The van der Waals surface area contributed by atoms with Crippen LogP contribution in [-0.2, 0) is 27.2 Å². The first-order valence-electron chi connectivity index (χ1n) is 12.6. The summed E-state index contributed by atoms with van der Waals surface area (Å²) in [6.07, 6.45) is 6.43. The molecule has 0 spiro atoms. The Bertz CT molecular complexity index is 723. The molecule has 0 aromatic carbocycles. The minimum absolute atomic E-state index is 0.0718. The molecule has 0 aliphatic heterocycles. The molecule has 0 unspecified atom stereocenters. The molecule has 1 aromatic heterocycles. The molecule has 1 N–H and O–H groups in total. The number of hydrogen-bond donors (Lipinski definition) is 1. The molecule has 0 aliphatic rings. The second-order valence-corrected chi connectivity index (χ2v) is 11.9. The Morgan fingerprint density at radius 1 is 0.939 bits per heavy atom. The number of aryl methyl sites for hydroxylation is 1. The van der Waals surface area contributed by atoms with Crippen LogP contribution < -0.4 is 5.32 Å². The van der Waals surface area contributed by atoms with Crippen molar-refractivity contribution in [3.8, 4) is 0 Å². The summed E-state index contributed by atoms with van der Waals surface area (Å²) >= 11 is 0. The lowest BCUT2D eigenvalue weighted by Gasteiger charge is -2.29. The Hall–Kier alpha value is -1.47. The van der Waals surface area contributed by atoms with Crippen LogP contribution in [0.15, 0.2) is 6.20 Å². The molecule has 0 saturated heterocycles. The highest BCUT2D eigenvalue weighted by Gasteiger charge is 2.28. The zero-order chi connectivity index (χ0) is 25.3. The van der Waals surface area contributed by atoms with Crippen LogP contribution in [0.5, 0.6) is 0 Å². The number of aromatic nitrogens is 3. The molecule has 0 radical (unpaired) electrons. The number of nitrogens with zero attached hydrogens (tertiary/aromatic N) is 3. The van der Waals surface area contributed by atoms with Crippen LogP contribution in [0, 0.1) is 10.8 Å². The van der Waals surface area contributed by atoms with Gasteiger partial charge in [0.05, 0.1) is 16.9 Å². The van der Waals surface area contributed by atoms with Gasteiger partial charge >= 0.3 is 0 Å². The topological polar surface area (TPSA) is 78.3 Å². The molecule has 0 atom stereocenters. The quantitative estimate of drug-likeness (QED) is 0.363. The number of carbonyl (C=O) groups excluding carboxylic acids is 1. The lowest BCUT2D eigenvalue weighted by molar-refractivity contribution is -0.131. The van der Waals surface area contributed by atoms with Crippen LogP contribution in [0.25, 0.3) is 0 Å². The van der Waals surface area contributed by atoms with E-state index < -0.39 is 5.41 Å². The van der Waals surface area contributed by atoms with Crippen molar-refractivity contribution in [3.05, 3.63) is 11.9 Å². The number of amides is 1. The maximum atomic E-state index is 12.2. The van der Waals surface area contributed by atoms with Gasteiger partial charge in [-0.2, -0.15) is 0 Å². The van der Waals surface area contributed by atoms with E-state index in [4.69, 9.17) is 9.47 Å². The van der Waals surface area contributed by atoms with Gasteiger partial charge < -0.3 is 14.8 Å². The lowest BCUT2D eigenvalue weighted by Crippen LogP contribution is -2.38. The second kappa shape index (κ2) is 12.3. The van der Waals surface area contributed by atoms with Crippen LogP contribution in [0.2, 0.25) is 0 Å². The SMILES string of the molecule is CCNC(=O)C(C)(C)CCOC(C)(C)CCn1cc(CC(C)(C)OCCC(C)(C)CC)nn1. The summed E-state index contributed by atoms with van der Waals surface area (Å²) in [5.41, 5.74) is 0.235. The number of carbonyl (C=O) groups is 1. The van der Waals surface area contributed by atoms with Crippen molar-refractivity contribution in [3.63, 3.8) is 0 Å². The summed E-state index contributed by atoms with van der Waals surface area (Å²) in [6, 6.07) is 0. The van der Waals surface area contributed by atoms with Crippen molar-refractivity contribution in [2.75, 3.05) is 19.8 Å². The van der Waals surface area contributed by atoms with E-state index in [9.17, 15) is 4.79 Å². The van der Waals surface area contributed by atoms with Crippen molar-refractivity contribution in [1.29, 1.82) is 0 Å². The Balaban J connectivity index is 2.47. The molecule has 1 rings (SSSR count). The average molecular weight is 467 g/mol. The molecule has 7 nitrogen and oxygen atoms in total. The first-order valence-corrected chi connectivity index (χ1v) is 12.6. The Morgan fingerprint density at radius 3 is 2.15 bits per heavy atom. The van der Waals surface area contributed by atoms with E-state index >= 15 is 0 Å². The van der Waals surface area contributed by atoms with Gasteiger partial charge in [-0.25, -0.2) is 0 Å². The molecular formula is C26H50N4O3. The van der Waals surface area contributed by atoms with Crippen molar-refractivity contribution in [2.45, 2.75) is 119 Å². The third kappa shape index (κ3) is 11.5. The molecule has 33 heavy (non-hydrogen) atoms. The highest BCUT2D eigenvalue weighted by molar-refractivity contribution is 5.81. The zero-order valence-electron chi connectivity index (χ0n) is 23.0. The molecule has 1 heterocycles. The third-order valence-electron chi connectivity index (χ3n) is 6.54. The molecule has 1 aromatic rings. The number of nitrogens with one attached hydrogen (secondary N) is 1. The molecule has 7 heteroatoms. The summed E-state index contributed by atoms with van der Waals surface area (Å²) in [5, 5.41) is 11.6. The molecule has 0 saturated carbocycles. The maximum Gasteiger partial charge on any atom is 0.225 e. The van der Waals surface area contributed by atoms with Crippen molar-refractivity contribution >= 4 is 5.91 Å². The molecule has 0 fully saturated rings. The summed E-state index contributed by atoms with van der Waals surface area (Å²) in [7, 11) is 0. The number of rotatable bonds is 16. The summed E-state index contributed by atoms with van der Waals surface area (Å²) in [4.78, 5) is 12.2. The van der Waals surface area contributed by atoms with E-state index in [1.165, 1.54) is 0 Å². The van der Waals surface area contributed by atoms with Crippen LogP contribution in [0.1, 0.15) is 101 Å². The van der Waals surface area contributed by atoms with Crippen molar-refractivity contribution < 1.29 is 14.3 Å². The van der Waals surface area contributed by atoms with Gasteiger partial charge in [-0.1, -0.05) is 46.3 Å². The first kappa shape index (κ1) is 29.6. The monoisotopic (exact) mass is 466 g/mol. The molecule has 0 bridgehead atoms. The molecule has 0 aliphatic carbocycles. The molecule has 1 amide bonds. The molecular weight excluding hydrogens is 416 g/mol. The number of hydrogen-bond acceptors (Lipinski definition) is 5. The van der Waals surface area contributed by atoms with Gasteiger partial charge in [-0.05, 0) is 59.3 Å². The fourth-order valence-electron chi connectivity index (χ4n) is 3.35. The fraction of sp³-hybridized carbons (Fsp3) is 0.885. The first-order chi connectivity index (χ1) is 15.1. The highest BCUT2D eigenvalue weighted by Crippen LogP contribution is 2.26. The predicted octanol–water partition coefficient (Wildman–Crippen LogP) is 5.18. The summed E-state index contributed by atoms with van der Waals surface area (Å²) < 4.78 is 14.2. The lowest BCUT2D eigenvalue weighted by atomic mass is 9.87. The van der Waals surface area contributed by atoms with E-state index in [1.54, 1.807) is 0 Å². The zero-order valence-corrected chi connectivity index (χ0v) is 23.0. The van der Waals surface area contributed by atoms with Gasteiger partial charge in [0.1, 0.15) is 0 Å². The van der Waals surface area contributed by atoms with Crippen molar-refractivity contribution in [2.24, 2.45) is 10.8 Å². The predicted molar refractivity (Wildman–Crippen MR) is 134 cm³/mol. The standard InChI is InChI=1S/C26H50N4O3/c1-11-23(3,4)14-17-33-26(9,10)19-21-20-30(29-28-21)16-13-25(7,8)32-18-15-24(5,6)22(31)27-12-2/h20H,11-19H2,1-10H3,(H,27,31). The van der Waals surface area contributed by atoms with Crippen LogP contribution in [0.4, 0.5) is 0 Å². The van der Waals surface area contributed by atoms with Gasteiger partial charge in [0.25, 0.3) is 0 Å². The Morgan fingerprint density at radius 2 is 1.55 bits per heavy atom. The summed E-state index contributed by atoms with van der Waals surface area (Å²) in [6.45, 7) is 23.7. The Kier molecular flexibility index (Phi) is 11.0. The van der Waals surface area contributed by atoms with E-state index in [0.717, 1.165) is 44.5 Å². The van der Waals surface area contributed by atoms with Crippen molar-refractivity contribution in [1.82, 2.24) is 20.3 Å². The van der Waals surface area contributed by atoms with E-state index in [0.29, 0.717) is 25.0 Å². The van der Waals surface area contributed by atoms with Gasteiger partial charge in [-0.3, -0.25) is 9.48 Å².